The third kappa shape index (κ3) is 3.66. The highest BCUT2D eigenvalue weighted by atomic mass is 32.1. The topological polar surface area (TPSA) is 37.8 Å². The van der Waals surface area contributed by atoms with E-state index in [4.69, 9.17) is 0 Å². The van der Waals surface area contributed by atoms with E-state index in [1.54, 1.807) is 0 Å². The molecule has 0 saturated heterocycles. The van der Waals surface area contributed by atoms with Crippen molar-refractivity contribution in [3.8, 4) is 0 Å². The maximum atomic E-state index is 4.54. The van der Waals surface area contributed by atoms with E-state index in [9.17, 15) is 0 Å². The molecule has 0 aromatic carbocycles. The van der Waals surface area contributed by atoms with Crippen LogP contribution in [-0.4, -0.2) is 15.9 Å². The van der Waals surface area contributed by atoms with Crippen molar-refractivity contribution in [2.45, 2.75) is 58.3 Å². The Balaban J connectivity index is 1.77. The van der Waals surface area contributed by atoms with Crippen LogP contribution >= 0.6 is 11.5 Å². The number of hydrogen-bond acceptors (Lipinski definition) is 4. The minimum absolute atomic E-state index is 0.0574. The second kappa shape index (κ2) is 5.34. The van der Waals surface area contributed by atoms with Gasteiger partial charge in [-0.2, -0.15) is 4.37 Å². The quantitative estimate of drug-likeness (QED) is 0.886. The van der Waals surface area contributed by atoms with Gasteiger partial charge in [-0.15, -0.1) is 0 Å². The molecular formula is C13H23N3S. The van der Waals surface area contributed by atoms with Crippen molar-refractivity contribution in [3.05, 3.63) is 5.82 Å². The molecule has 0 amide bonds. The Bertz CT molecular complexity index is 348. The van der Waals surface area contributed by atoms with Gasteiger partial charge in [0.25, 0.3) is 0 Å². The lowest BCUT2D eigenvalue weighted by Crippen LogP contribution is -2.13. The fourth-order valence-corrected chi connectivity index (χ4v) is 3.06. The van der Waals surface area contributed by atoms with Crippen LogP contribution in [0, 0.1) is 5.92 Å². The van der Waals surface area contributed by atoms with Gasteiger partial charge in [0.05, 0.1) is 0 Å². The van der Waals surface area contributed by atoms with Crippen molar-refractivity contribution in [2.24, 2.45) is 5.92 Å². The molecule has 1 N–H and O–H groups in total. The minimum Gasteiger partial charge on any atom is -0.360 e. The van der Waals surface area contributed by atoms with Gasteiger partial charge in [0.1, 0.15) is 5.82 Å². The number of nitrogens with zero attached hydrogens (tertiary/aromatic N) is 2. The summed E-state index contributed by atoms with van der Waals surface area (Å²) in [7, 11) is 0. The summed E-state index contributed by atoms with van der Waals surface area (Å²) in [4.78, 5) is 4.54. The van der Waals surface area contributed by atoms with Crippen molar-refractivity contribution in [1.82, 2.24) is 9.36 Å². The summed E-state index contributed by atoms with van der Waals surface area (Å²) in [6, 6.07) is 0. The predicted octanol–water partition coefficient (Wildman–Crippen LogP) is 3.83. The van der Waals surface area contributed by atoms with Crippen molar-refractivity contribution >= 4 is 16.7 Å². The Morgan fingerprint density at radius 2 is 2.00 bits per heavy atom. The van der Waals surface area contributed by atoms with Crippen molar-refractivity contribution in [1.29, 1.82) is 0 Å². The molecule has 1 saturated carbocycles. The molecular weight excluding hydrogens is 230 g/mol. The molecule has 17 heavy (non-hydrogen) atoms. The van der Waals surface area contributed by atoms with Crippen LogP contribution in [0.2, 0.25) is 0 Å². The Morgan fingerprint density at radius 1 is 1.29 bits per heavy atom. The van der Waals surface area contributed by atoms with E-state index in [0.717, 1.165) is 23.4 Å². The molecule has 96 valence electrons. The molecule has 0 bridgehead atoms. The van der Waals surface area contributed by atoms with Gasteiger partial charge in [-0.05, 0) is 12.3 Å². The van der Waals surface area contributed by atoms with Gasteiger partial charge in [-0.25, -0.2) is 4.98 Å². The standard InChI is InChI=1S/C13H23N3S/c1-13(2,3)11-15-12(17-16-11)14-9-8-10-6-4-5-7-10/h10H,4-9H2,1-3H3,(H,14,15,16). The highest BCUT2D eigenvalue weighted by molar-refractivity contribution is 7.09. The first-order valence-electron chi connectivity index (χ1n) is 6.64. The third-order valence-electron chi connectivity index (χ3n) is 3.40. The lowest BCUT2D eigenvalue weighted by Gasteiger charge is -2.12. The van der Waals surface area contributed by atoms with E-state index in [-0.39, 0.29) is 5.41 Å². The third-order valence-corrected chi connectivity index (χ3v) is 4.07. The maximum Gasteiger partial charge on any atom is 0.202 e. The first-order valence-corrected chi connectivity index (χ1v) is 7.41. The first-order chi connectivity index (χ1) is 8.05. The molecule has 1 heterocycles. The molecule has 1 fully saturated rings. The van der Waals surface area contributed by atoms with Gasteiger partial charge >= 0.3 is 0 Å². The Hall–Kier alpha value is -0.640. The average molecular weight is 253 g/mol. The number of nitrogens with one attached hydrogen (secondary N) is 1. The van der Waals surface area contributed by atoms with E-state index in [1.807, 2.05) is 0 Å². The van der Waals surface area contributed by atoms with Crippen LogP contribution in [0.1, 0.15) is 58.7 Å². The van der Waals surface area contributed by atoms with Crippen molar-refractivity contribution < 1.29 is 0 Å². The normalized spacial score (nSPS) is 17.6. The molecule has 1 aromatic rings. The number of anilines is 1. The van der Waals surface area contributed by atoms with Gasteiger partial charge in [-0.1, -0.05) is 46.5 Å². The number of hydrogen-bond donors (Lipinski definition) is 1. The zero-order chi connectivity index (χ0) is 12.3. The van der Waals surface area contributed by atoms with Crippen molar-refractivity contribution in [2.75, 3.05) is 11.9 Å². The smallest absolute Gasteiger partial charge is 0.202 e. The Kier molecular flexibility index (Phi) is 4.02. The molecule has 3 nitrogen and oxygen atoms in total. The van der Waals surface area contributed by atoms with E-state index in [2.05, 4.69) is 35.4 Å². The minimum atomic E-state index is 0.0574. The number of aromatic nitrogens is 2. The van der Waals surface area contributed by atoms with Crippen LogP contribution < -0.4 is 5.32 Å². The summed E-state index contributed by atoms with van der Waals surface area (Å²) < 4.78 is 4.41. The van der Waals surface area contributed by atoms with E-state index in [1.165, 1.54) is 43.6 Å². The van der Waals surface area contributed by atoms with Gasteiger partial charge in [0.2, 0.25) is 5.13 Å². The largest absolute Gasteiger partial charge is 0.360 e. The lowest BCUT2D eigenvalue weighted by molar-refractivity contribution is 0.518. The molecule has 0 radical (unpaired) electrons. The average Bonchev–Trinajstić information content (AvgIpc) is 2.86. The summed E-state index contributed by atoms with van der Waals surface area (Å²) in [5.74, 6) is 1.89. The van der Waals surface area contributed by atoms with Crippen LogP contribution in [-0.2, 0) is 5.41 Å². The van der Waals surface area contributed by atoms with Gasteiger partial charge in [0, 0.05) is 23.5 Å². The van der Waals surface area contributed by atoms with Crippen LogP contribution in [0.3, 0.4) is 0 Å². The molecule has 1 aliphatic carbocycles. The van der Waals surface area contributed by atoms with E-state index >= 15 is 0 Å². The summed E-state index contributed by atoms with van der Waals surface area (Å²) in [5.41, 5.74) is 0.0574. The SMILES string of the molecule is CC(C)(C)c1nsc(NCCC2CCCC2)n1. The number of rotatable bonds is 4. The predicted molar refractivity (Wildman–Crippen MR) is 73.7 cm³/mol. The first kappa shape index (κ1) is 12.8. The second-order valence-electron chi connectivity index (χ2n) is 6.04. The molecule has 2 rings (SSSR count). The fourth-order valence-electron chi connectivity index (χ4n) is 2.28. The highest BCUT2D eigenvalue weighted by Crippen LogP contribution is 2.28. The molecule has 0 aliphatic heterocycles. The van der Waals surface area contributed by atoms with E-state index in [0.29, 0.717) is 0 Å². The van der Waals surface area contributed by atoms with E-state index < -0.39 is 0 Å². The zero-order valence-corrected chi connectivity index (χ0v) is 11.9. The van der Waals surface area contributed by atoms with Gasteiger partial charge in [0.15, 0.2) is 0 Å². The molecule has 0 unspecified atom stereocenters. The van der Waals surface area contributed by atoms with Crippen molar-refractivity contribution in [3.63, 3.8) is 0 Å². The van der Waals surface area contributed by atoms with Crippen LogP contribution in [0.25, 0.3) is 0 Å². The Labute approximate surface area is 108 Å². The summed E-state index contributed by atoms with van der Waals surface area (Å²) in [6.45, 7) is 7.50. The monoisotopic (exact) mass is 253 g/mol. The summed E-state index contributed by atoms with van der Waals surface area (Å²) >= 11 is 1.49. The van der Waals surface area contributed by atoms with Gasteiger partial charge in [-0.3, -0.25) is 0 Å². The van der Waals surface area contributed by atoms with Crippen LogP contribution in [0.15, 0.2) is 0 Å². The maximum absolute atomic E-state index is 4.54. The zero-order valence-electron chi connectivity index (χ0n) is 11.1. The van der Waals surface area contributed by atoms with Crippen LogP contribution in [0.4, 0.5) is 5.13 Å². The van der Waals surface area contributed by atoms with Crippen LogP contribution in [0.5, 0.6) is 0 Å². The highest BCUT2D eigenvalue weighted by Gasteiger charge is 2.19. The van der Waals surface area contributed by atoms with Gasteiger partial charge < -0.3 is 5.32 Å². The molecule has 0 spiro atoms. The Morgan fingerprint density at radius 3 is 2.59 bits per heavy atom. The lowest BCUT2D eigenvalue weighted by atomic mass is 9.96. The molecule has 1 aliphatic rings. The molecule has 0 atom stereocenters. The summed E-state index contributed by atoms with van der Waals surface area (Å²) in [5, 5.41) is 4.39. The molecule has 1 aromatic heterocycles. The molecule has 4 heteroatoms. The summed E-state index contributed by atoms with van der Waals surface area (Å²) in [6.07, 6.45) is 6.98. The fraction of sp³-hybridized carbons (Fsp3) is 0.846. The second-order valence-corrected chi connectivity index (χ2v) is 6.79.